The minimum absolute atomic E-state index is 0.0532. The van der Waals surface area contributed by atoms with Gasteiger partial charge in [0.05, 0.1) is 12.0 Å². The van der Waals surface area contributed by atoms with Gasteiger partial charge in [0.2, 0.25) is 0 Å². The third kappa shape index (κ3) is 5.36. The van der Waals surface area contributed by atoms with Crippen LogP contribution in [0.1, 0.15) is 75.8 Å². The number of nitrogens with zero attached hydrogens (tertiary/aromatic N) is 1. The summed E-state index contributed by atoms with van der Waals surface area (Å²) < 4.78 is 48.3. The number of rotatable bonds is 7. The Morgan fingerprint density at radius 3 is 2.36 bits per heavy atom. The van der Waals surface area contributed by atoms with Crippen LogP contribution in [0.2, 0.25) is 0 Å². The first-order valence-electron chi connectivity index (χ1n) is 13.5. The molecule has 0 aromatic heterocycles. The van der Waals surface area contributed by atoms with E-state index in [-0.39, 0.29) is 23.2 Å². The number of ether oxygens (including phenoxy) is 1. The van der Waals surface area contributed by atoms with E-state index in [1.54, 1.807) is 12.1 Å². The van der Waals surface area contributed by atoms with E-state index in [0.717, 1.165) is 76.3 Å². The Labute approximate surface area is 210 Å². The molecule has 1 aliphatic carbocycles. The van der Waals surface area contributed by atoms with Crippen molar-refractivity contribution in [2.75, 3.05) is 6.54 Å². The van der Waals surface area contributed by atoms with Crippen LogP contribution in [0.15, 0.2) is 30.3 Å². The highest BCUT2D eigenvalue weighted by atomic mass is 19.4. The van der Waals surface area contributed by atoms with Gasteiger partial charge >= 0.3 is 12.1 Å². The molecule has 2 heterocycles. The van der Waals surface area contributed by atoms with E-state index in [1.807, 2.05) is 12.1 Å². The van der Waals surface area contributed by atoms with Gasteiger partial charge < -0.3 is 9.84 Å². The molecule has 1 saturated carbocycles. The molecule has 7 heteroatoms. The van der Waals surface area contributed by atoms with E-state index in [4.69, 9.17) is 4.74 Å². The number of benzene rings is 2. The Kier molecular flexibility index (Phi) is 7.21. The van der Waals surface area contributed by atoms with Crippen molar-refractivity contribution in [2.24, 2.45) is 11.8 Å². The summed E-state index contributed by atoms with van der Waals surface area (Å²) >= 11 is 0. The van der Waals surface area contributed by atoms with Crippen molar-refractivity contribution in [1.29, 1.82) is 0 Å². The zero-order chi connectivity index (χ0) is 25.4. The number of hydrogen-bond donors (Lipinski definition) is 1. The molecule has 196 valence electrons. The molecule has 0 spiro atoms. The SMILES string of the molecule is C[C@H]1CC[C@@H](Oc2ccc3cc(CCCN4C5CCC4CC(C(=O)O)C5)ccc3c2C(F)(F)F)CC1. The molecule has 3 aliphatic rings. The number of aryl methyl sites for hydroxylation is 1. The zero-order valence-electron chi connectivity index (χ0n) is 20.9. The number of carboxylic acid groups (broad SMARTS) is 1. The number of halogens is 3. The number of alkyl halides is 3. The average molecular weight is 504 g/mol. The molecule has 0 radical (unpaired) electrons. The van der Waals surface area contributed by atoms with Crippen LogP contribution in [0.25, 0.3) is 10.8 Å². The minimum Gasteiger partial charge on any atom is -0.490 e. The van der Waals surface area contributed by atoms with Crippen molar-refractivity contribution in [1.82, 2.24) is 4.90 Å². The summed E-state index contributed by atoms with van der Waals surface area (Å²) in [5, 5.41) is 10.2. The lowest BCUT2D eigenvalue weighted by Gasteiger charge is -2.37. The summed E-state index contributed by atoms with van der Waals surface area (Å²) in [6.45, 7) is 3.08. The highest BCUT2D eigenvalue weighted by Crippen LogP contribution is 2.43. The van der Waals surface area contributed by atoms with E-state index < -0.39 is 17.7 Å². The number of carbonyl (C=O) groups is 1. The fourth-order valence-electron chi connectivity index (χ4n) is 6.74. The first kappa shape index (κ1) is 25.4. The highest BCUT2D eigenvalue weighted by molar-refractivity contribution is 5.89. The molecular formula is C29H36F3NO3. The second-order valence-corrected chi connectivity index (χ2v) is 11.2. The lowest BCUT2D eigenvalue weighted by molar-refractivity contribution is -0.144. The molecule has 3 fully saturated rings. The van der Waals surface area contributed by atoms with Crippen LogP contribution < -0.4 is 4.74 Å². The molecule has 2 aromatic carbocycles. The Morgan fingerprint density at radius 1 is 1.03 bits per heavy atom. The molecule has 2 bridgehead atoms. The van der Waals surface area contributed by atoms with Crippen molar-refractivity contribution in [2.45, 2.75) is 95.5 Å². The Balaban J connectivity index is 1.27. The van der Waals surface area contributed by atoms with Gasteiger partial charge in [-0.15, -0.1) is 0 Å². The molecule has 2 unspecified atom stereocenters. The molecule has 36 heavy (non-hydrogen) atoms. The van der Waals surface area contributed by atoms with Gasteiger partial charge in [-0.3, -0.25) is 9.69 Å². The number of carboxylic acids is 1. The predicted octanol–water partition coefficient (Wildman–Crippen LogP) is 7.08. The third-order valence-corrected chi connectivity index (χ3v) is 8.70. The van der Waals surface area contributed by atoms with Crippen LogP contribution in [-0.2, 0) is 17.4 Å². The van der Waals surface area contributed by atoms with Gasteiger partial charge in [-0.05, 0) is 99.1 Å². The molecule has 0 amide bonds. The average Bonchev–Trinajstić information content (AvgIpc) is 3.06. The summed E-state index contributed by atoms with van der Waals surface area (Å²) in [6.07, 6.45) is 4.20. The summed E-state index contributed by atoms with van der Waals surface area (Å²) in [4.78, 5) is 13.9. The van der Waals surface area contributed by atoms with Gasteiger partial charge in [-0.2, -0.15) is 13.2 Å². The van der Waals surface area contributed by atoms with Gasteiger partial charge in [0.1, 0.15) is 11.3 Å². The summed E-state index contributed by atoms with van der Waals surface area (Å²) in [5.41, 5.74) is 0.362. The number of hydrogen-bond acceptors (Lipinski definition) is 3. The van der Waals surface area contributed by atoms with Gasteiger partial charge in [-0.25, -0.2) is 0 Å². The summed E-state index contributed by atoms with van der Waals surface area (Å²) in [7, 11) is 0. The summed E-state index contributed by atoms with van der Waals surface area (Å²) in [6, 6.07) is 9.24. The minimum atomic E-state index is -4.49. The lowest BCUT2D eigenvalue weighted by Crippen LogP contribution is -2.45. The molecule has 2 saturated heterocycles. The highest BCUT2D eigenvalue weighted by Gasteiger charge is 2.42. The number of aliphatic carboxylic acids is 1. The standard InChI is InChI=1S/C29H36F3NO3/c1-18-4-10-24(11-5-18)36-26-13-7-20-15-19(6-12-25(20)27(26)29(30,31)32)3-2-14-33-22-8-9-23(33)17-21(16-22)28(34)35/h6-7,12-13,15,18,21-24H,2-5,8-11,14,16-17H2,1H3,(H,34,35)/t18-,21?,22?,23?,24+. The Morgan fingerprint density at radius 2 is 1.72 bits per heavy atom. The van der Waals surface area contributed by atoms with Crippen LogP contribution in [-0.4, -0.2) is 40.7 Å². The van der Waals surface area contributed by atoms with Crippen molar-refractivity contribution in [3.05, 3.63) is 41.5 Å². The van der Waals surface area contributed by atoms with Crippen LogP contribution in [0.4, 0.5) is 13.2 Å². The Bertz CT molecular complexity index is 1080. The third-order valence-electron chi connectivity index (χ3n) is 8.70. The van der Waals surface area contributed by atoms with Crippen molar-refractivity contribution in [3.8, 4) is 5.75 Å². The van der Waals surface area contributed by atoms with E-state index in [1.165, 1.54) is 6.07 Å². The molecule has 4 nitrogen and oxygen atoms in total. The van der Waals surface area contributed by atoms with Crippen LogP contribution in [0.3, 0.4) is 0 Å². The van der Waals surface area contributed by atoms with Gasteiger partial charge in [0.25, 0.3) is 0 Å². The molecular weight excluding hydrogens is 467 g/mol. The fraction of sp³-hybridized carbons (Fsp3) is 0.621. The Hall–Kier alpha value is -2.28. The van der Waals surface area contributed by atoms with Gasteiger partial charge in [-0.1, -0.05) is 31.2 Å². The van der Waals surface area contributed by atoms with E-state index >= 15 is 0 Å². The molecule has 5 rings (SSSR count). The maximum atomic E-state index is 14.1. The largest absolute Gasteiger partial charge is 0.490 e. The second kappa shape index (κ2) is 10.2. The number of piperidine rings is 1. The maximum absolute atomic E-state index is 14.1. The van der Waals surface area contributed by atoms with Crippen LogP contribution in [0.5, 0.6) is 5.75 Å². The van der Waals surface area contributed by atoms with Gasteiger partial charge in [0.15, 0.2) is 0 Å². The molecule has 1 N–H and O–H groups in total. The lowest BCUT2D eigenvalue weighted by atomic mass is 9.89. The van der Waals surface area contributed by atoms with Crippen LogP contribution >= 0.6 is 0 Å². The second-order valence-electron chi connectivity index (χ2n) is 11.2. The fourth-order valence-corrected chi connectivity index (χ4v) is 6.74. The van der Waals surface area contributed by atoms with E-state index in [0.29, 0.717) is 23.4 Å². The quantitative estimate of drug-likeness (QED) is 0.439. The first-order chi connectivity index (χ1) is 17.2. The molecule has 2 aromatic rings. The van der Waals surface area contributed by atoms with Crippen LogP contribution in [0, 0.1) is 11.8 Å². The predicted molar refractivity (Wildman–Crippen MR) is 133 cm³/mol. The van der Waals surface area contributed by atoms with Crippen molar-refractivity contribution < 1.29 is 27.8 Å². The van der Waals surface area contributed by atoms with E-state index in [2.05, 4.69) is 11.8 Å². The van der Waals surface area contributed by atoms with Gasteiger partial charge in [0, 0.05) is 12.1 Å². The van der Waals surface area contributed by atoms with Crippen molar-refractivity contribution in [3.63, 3.8) is 0 Å². The maximum Gasteiger partial charge on any atom is 0.420 e. The van der Waals surface area contributed by atoms with E-state index in [9.17, 15) is 23.1 Å². The monoisotopic (exact) mass is 503 g/mol. The number of fused-ring (bicyclic) bond motifs is 3. The molecule has 2 aliphatic heterocycles. The first-order valence-corrected chi connectivity index (χ1v) is 13.5. The zero-order valence-corrected chi connectivity index (χ0v) is 20.9. The van der Waals surface area contributed by atoms with Crippen molar-refractivity contribution >= 4 is 16.7 Å². The molecule has 2 atom stereocenters. The summed E-state index contributed by atoms with van der Waals surface area (Å²) in [5.74, 6) is -0.350. The normalized spacial score (nSPS) is 28.9. The smallest absolute Gasteiger partial charge is 0.420 e. The topological polar surface area (TPSA) is 49.8 Å².